The molecule has 98 valence electrons. The third kappa shape index (κ3) is 3.19. The van der Waals surface area contributed by atoms with Crippen molar-refractivity contribution < 1.29 is 9.47 Å². The Labute approximate surface area is 109 Å². The summed E-state index contributed by atoms with van der Waals surface area (Å²) in [7, 11) is 1.75. The fourth-order valence-corrected chi connectivity index (χ4v) is 2.18. The van der Waals surface area contributed by atoms with Crippen LogP contribution in [0.1, 0.15) is 12.0 Å². The van der Waals surface area contributed by atoms with Crippen LogP contribution in [0, 0.1) is 0 Å². The van der Waals surface area contributed by atoms with Gasteiger partial charge in [0.15, 0.2) is 0 Å². The SMILES string of the molecule is C=C(CNCC1(OC)CCOC1)c1ccccc1. The zero-order valence-electron chi connectivity index (χ0n) is 10.9. The van der Waals surface area contributed by atoms with E-state index in [1.54, 1.807) is 7.11 Å². The Balaban J connectivity index is 1.80. The number of hydrogen-bond donors (Lipinski definition) is 1. The van der Waals surface area contributed by atoms with Crippen molar-refractivity contribution in [1.82, 2.24) is 5.32 Å². The van der Waals surface area contributed by atoms with Gasteiger partial charge in [0, 0.05) is 33.2 Å². The smallest absolute Gasteiger partial charge is 0.106 e. The number of methoxy groups -OCH3 is 1. The molecule has 1 aromatic carbocycles. The Bertz CT molecular complexity index is 383. The Morgan fingerprint density at radius 3 is 2.83 bits per heavy atom. The second kappa shape index (κ2) is 6.14. The average molecular weight is 247 g/mol. The van der Waals surface area contributed by atoms with Gasteiger partial charge in [-0.1, -0.05) is 36.9 Å². The van der Waals surface area contributed by atoms with Crippen molar-refractivity contribution in [3.63, 3.8) is 0 Å². The van der Waals surface area contributed by atoms with Gasteiger partial charge in [0.05, 0.1) is 6.61 Å². The quantitative estimate of drug-likeness (QED) is 0.835. The van der Waals surface area contributed by atoms with Gasteiger partial charge < -0.3 is 14.8 Å². The van der Waals surface area contributed by atoms with Crippen molar-refractivity contribution in [2.75, 3.05) is 33.4 Å². The van der Waals surface area contributed by atoms with Crippen LogP contribution in [0.5, 0.6) is 0 Å². The summed E-state index contributed by atoms with van der Waals surface area (Å²) in [5.74, 6) is 0. The van der Waals surface area contributed by atoms with Crippen LogP contribution in [0.4, 0.5) is 0 Å². The summed E-state index contributed by atoms with van der Waals surface area (Å²) in [6.07, 6.45) is 0.953. The van der Waals surface area contributed by atoms with Crippen molar-refractivity contribution >= 4 is 5.57 Å². The van der Waals surface area contributed by atoms with E-state index >= 15 is 0 Å². The molecular formula is C15H21NO2. The molecule has 1 aromatic rings. The van der Waals surface area contributed by atoms with Crippen molar-refractivity contribution in [2.24, 2.45) is 0 Å². The first-order valence-electron chi connectivity index (χ1n) is 6.33. The van der Waals surface area contributed by atoms with Gasteiger partial charge in [-0.25, -0.2) is 0 Å². The van der Waals surface area contributed by atoms with Crippen LogP contribution in [0.25, 0.3) is 5.57 Å². The lowest BCUT2D eigenvalue weighted by Crippen LogP contribution is -2.43. The summed E-state index contributed by atoms with van der Waals surface area (Å²) in [6.45, 7) is 7.14. The number of benzene rings is 1. The third-order valence-corrected chi connectivity index (χ3v) is 3.47. The predicted octanol–water partition coefficient (Wildman–Crippen LogP) is 2.09. The molecule has 1 heterocycles. The van der Waals surface area contributed by atoms with E-state index in [1.165, 1.54) is 5.56 Å². The minimum Gasteiger partial charge on any atom is -0.378 e. The second-order valence-corrected chi connectivity index (χ2v) is 4.76. The maximum absolute atomic E-state index is 5.57. The fraction of sp³-hybridized carbons (Fsp3) is 0.467. The summed E-state index contributed by atoms with van der Waals surface area (Å²) in [5, 5.41) is 3.41. The van der Waals surface area contributed by atoms with E-state index in [2.05, 4.69) is 24.0 Å². The molecule has 0 amide bonds. The zero-order chi connectivity index (χ0) is 12.8. The normalized spacial score (nSPS) is 23.2. The van der Waals surface area contributed by atoms with Crippen molar-refractivity contribution in [1.29, 1.82) is 0 Å². The van der Waals surface area contributed by atoms with Gasteiger partial charge >= 0.3 is 0 Å². The van der Waals surface area contributed by atoms with Crippen LogP contribution in [0.2, 0.25) is 0 Å². The molecule has 1 unspecified atom stereocenters. The summed E-state index contributed by atoms with van der Waals surface area (Å²) >= 11 is 0. The molecule has 0 aliphatic carbocycles. The van der Waals surface area contributed by atoms with Gasteiger partial charge in [-0.3, -0.25) is 0 Å². The molecule has 1 aliphatic rings. The molecule has 0 spiro atoms. The fourth-order valence-electron chi connectivity index (χ4n) is 2.18. The summed E-state index contributed by atoms with van der Waals surface area (Å²) in [6, 6.07) is 10.2. The van der Waals surface area contributed by atoms with E-state index in [0.717, 1.165) is 31.7 Å². The van der Waals surface area contributed by atoms with E-state index in [-0.39, 0.29) is 5.60 Å². The van der Waals surface area contributed by atoms with Crippen LogP contribution in [-0.2, 0) is 9.47 Å². The molecule has 3 heteroatoms. The third-order valence-electron chi connectivity index (χ3n) is 3.47. The predicted molar refractivity (Wildman–Crippen MR) is 73.5 cm³/mol. The van der Waals surface area contributed by atoms with Gasteiger partial charge in [-0.2, -0.15) is 0 Å². The zero-order valence-corrected chi connectivity index (χ0v) is 10.9. The van der Waals surface area contributed by atoms with Gasteiger partial charge in [0.2, 0.25) is 0 Å². The second-order valence-electron chi connectivity index (χ2n) is 4.76. The molecule has 1 aliphatic heterocycles. The van der Waals surface area contributed by atoms with Gasteiger partial charge in [-0.15, -0.1) is 0 Å². The number of nitrogens with one attached hydrogen (secondary N) is 1. The first kappa shape index (κ1) is 13.3. The molecule has 18 heavy (non-hydrogen) atoms. The number of rotatable bonds is 6. The van der Waals surface area contributed by atoms with Crippen molar-refractivity contribution in [2.45, 2.75) is 12.0 Å². The molecule has 1 fully saturated rings. The minimum atomic E-state index is -0.156. The number of hydrogen-bond acceptors (Lipinski definition) is 3. The van der Waals surface area contributed by atoms with E-state index in [0.29, 0.717) is 6.61 Å². The molecule has 1 atom stereocenters. The molecule has 2 rings (SSSR count). The van der Waals surface area contributed by atoms with E-state index in [4.69, 9.17) is 9.47 Å². The first-order chi connectivity index (χ1) is 8.76. The van der Waals surface area contributed by atoms with E-state index in [9.17, 15) is 0 Å². The van der Waals surface area contributed by atoms with Crippen LogP contribution < -0.4 is 5.32 Å². The molecular weight excluding hydrogens is 226 g/mol. The summed E-state index contributed by atoms with van der Waals surface area (Å²) in [4.78, 5) is 0. The van der Waals surface area contributed by atoms with Crippen LogP contribution in [0.15, 0.2) is 36.9 Å². The van der Waals surface area contributed by atoms with Crippen LogP contribution in [-0.4, -0.2) is 39.0 Å². The topological polar surface area (TPSA) is 30.5 Å². The Hall–Kier alpha value is -1.16. The highest BCUT2D eigenvalue weighted by molar-refractivity contribution is 5.64. The van der Waals surface area contributed by atoms with Crippen molar-refractivity contribution in [3.05, 3.63) is 42.5 Å². The van der Waals surface area contributed by atoms with Crippen molar-refractivity contribution in [3.8, 4) is 0 Å². The Morgan fingerprint density at radius 1 is 1.44 bits per heavy atom. The summed E-state index contributed by atoms with van der Waals surface area (Å²) in [5.41, 5.74) is 2.12. The molecule has 3 nitrogen and oxygen atoms in total. The average Bonchev–Trinajstić information content (AvgIpc) is 2.89. The van der Waals surface area contributed by atoms with Gasteiger partial charge in [0.25, 0.3) is 0 Å². The maximum atomic E-state index is 5.57. The molecule has 0 radical (unpaired) electrons. The van der Waals surface area contributed by atoms with E-state index < -0.39 is 0 Å². The maximum Gasteiger partial charge on any atom is 0.106 e. The molecule has 0 bridgehead atoms. The monoisotopic (exact) mass is 247 g/mol. The Morgan fingerprint density at radius 2 is 2.22 bits per heavy atom. The highest BCUT2D eigenvalue weighted by atomic mass is 16.5. The Kier molecular flexibility index (Phi) is 4.53. The highest BCUT2D eigenvalue weighted by Crippen LogP contribution is 2.21. The highest BCUT2D eigenvalue weighted by Gasteiger charge is 2.34. The lowest BCUT2D eigenvalue weighted by atomic mass is 10.0. The van der Waals surface area contributed by atoms with Crippen LogP contribution >= 0.6 is 0 Å². The molecule has 0 saturated carbocycles. The van der Waals surface area contributed by atoms with E-state index in [1.807, 2.05) is 18.2 Å². The summed E-state index contributed by atoms with van der Waals surface area (Å²) < 4.78 is 11.0. The standard InChI is InChI=1S/C15H21NO2/c1-13(14-6-4-3-5-7-14)10-16-11-15(17-2)8-9-18-12-15/h3-7,16H,1,8-12H2,2H3. The van der Waals surface area contributed by atoms with Crippen LogP contribution in [0.3, 0.4) is 0 Å². The lowest BCUT2D eigenvalue weighted by molar-refractivity contribution is -0.0149. The first-order valence-corrected chi connectivity index (χ1v) is 6.33. The minimum absolute atomic E-state index is 0.156. The number of ether oxygens (including phenoxy) is 2. The lowest BCUT2D eigenvalue weighted by Gasteiger charge is -2.26. The van der Waals surface area contributed by atoms with Gasteiger partial charge in [-0.05, 0) is 11.1 Å². The largest absolute Gasteiger partial charge is 0.378 e. The molecule has 0 aromatic heterocycles. The van der Waals surface area contributed by atoms with Gasteiger partial charge in [0.1, 0.15) is 5.60 Å². The molecule has 1 N–H and O–H groups in total. The molecule has 1 saturated heterocycles.